The molecule has 12 nitrogen and oxygen atoms in total. The van der Waals surface area contributed by atoms with E-state index >= 15 is 0 Å². The molecule has 0 fully saturated rings. The summed E-state index contributed by atoms with van der Waals surface area (Å²) in [7, 11) is -5.38. The number of nitrogens with zero attached hydrogens (tertiary/aromatic N) is 9. The van der Waals surface area contributed by atoms with Gasteiger partial charge in [-0.1, -0.05) is 263 Å². The molecule has 0 atom stereocenters. The van der Waals surface area contributed by atoms with Crippen molar-refractivity contribution in [2.24, 2.45) is 0 Å². The Morgan fingerprint density at radius 3 is 0.705 bits per heavy atom. The van der Waals surface area contributed by atoms with Crippen LogP contribution in [0.1, 0.15) is 175 Å². The van der Waals surface area contributed by atoms with E-state index in [0.29, 0.717) is 49.9 Å². The predicted molar refractivity (Wildman–Crippen MR) is 473 cm³/mol. The standard InChI is InChI=1S/3C32H38N3OSi.Ir/c3*1-19(2)37(20(3)4,21(5)6)25-13-14-29-28(17-25)26-11-10-12-27(31(26)36-29)32-34-33-18-35(32)30-23(8)15-22(7)16-24(30)9;/h3*10-11,13-21H,1-9H3;/q3*-1;+3. The average Bonchev–Trinajstić information content (AvgIpc) is 1.60. The van der Waals surface area contributed by atoms with Crippen molar-refractivity contribution in [3.8, 4) is 51.2 Å². The van der Waals surface area contributed by atoms with E-state index in [4.69, 9.17) is 13.3 Å². The molecule has 0 N–H and O–H groups in total. The molecule has 0 bridgehead atoms. The van der Waals surface area contributed by atoms with E-state index in [9.17, 15) is 0 Å². The van der Waals surface area contributed by atoms with E-state index in [2.05, 4.69) is 359 Å². The van der Waals surface area contributed by atoms with Gasteiger partial charge < -0.3 is 27.0 Å². The molecule has 6 aromatic heterocycles. The summed E-state index contributed by atoms with van der Waals surface area (Å²) in [5, 5.41) is 37.9. The normalized spacial score (nSPS) is 12.5. The molecule has 15 rings (SSSR count). The van der Waals surface area contributed by atoms with Crippen molar-refractivity contribution in [1.82, 2.24) is 44.3 Å². The molecule has 582 valence electrons. The Hall–Kier alpha value is -8.90. The van der Waals surface area contributed by atoms with Crippen LogP contribution in [0.15, 0.2) is 160 Å². The molecule has 0 unspecified atom stereocenters. The van der Waals surface area contributed by atoms with Gasteiger partial charge in [-0.3, -0.25) is 0 Å². The number of furan rings is 3. The number of hydrogen-bond acceptors (Lipinski definition) is 9. The van der Waals surface area contributed by atoms with E-state index in [-0.39, 0.29) is 20.1 Å². The van der Waals surface area contributed by atoms with Crippen LogP contribution < -0.4 is 15.6 Å². The van der Waals surface area contributed by atoms with Crippen molar-refractivity contribution in [3.05, 3.63) is 215 Å². The van der Waals surface area contributed by atoms with Gasteiger partial charge in [-0.05, 0) is 164 Å². The van der Waals surface area contributed by atoms with Crippen LogP contribution in [-0.2, 0) is 20.1 Å². The minimum absolute atomic E-state index is 0. The van der Waals surface area contributed by atoms with Crippen molar-refractivity contribution in [3.63, 3.8) is 0 Å². The zero-order valence-corrected chi connectivity index (χ0v) is 76.5. The molecule has 0 aliphatic rings. The summed E-state index contributed by atoms with van der Waals surface area (Å²) in [5.74, 6) is 2.24. The molecular weight excluding hydrogens is 1600 g/mol. The minimum atomic E-state index is -1.79. The molecule has 0 amide bonds. The summed E-state index contributed by atoms with van der Waals surface area (Å²) < 4.78 is 25.8. The van der Waals surface area contributed by atoms with Crippen molar-refractivity contribution in [2.75, 3.05) is 0 Å². The van der Waals surface area contributed by atoms with Gasteiger partial charge in [-0.25, -0.2) is 0 Å². The summed E-state index contributed by atoms with van der Waals surface area (Å²) in [6.07, 6.45) is 5.38. The Kier molecular flexibility index (Phi) is 23.7. The van der Waals surface area contributed by atoms with Crippen molar-refractivity contribution in [2.45, 2.75) is 237 Å². The Balaban J connectivity index is 0.000000155. The van der Waals surface area contributed by atoms with Gasteiger partial charge in [-0.2, -0.15) is 15.3 Å². The maximum Gasteiger partial charge on any atom is 3.00 e. The van der Waals surface area contributed by atoms with Gasteiger partial charge in [-0.15, -0.1) is 69.9 Å². The molecule has 0 saturated carbocycles. The zero-order valence-electron chi connectivity index (χ0n) is 71.1. The van der Waals surface area contributed by atoms with Gasteiger partial charge in [0.05, 0.1) is 58.4 Å². The Bertz CT molecular complexity index is 5260. The number of aryl methyl sites for hydroxylation is 9. The summed E-state index contributed by atoms with van der Waals surface area (Å²) in [4.78, 5) is 0. The number of benzene rings is 9. The number of rotatable bonds is 18. The Morgan fingerprint density at radius 2 is 0.500 bits per heavy atom. The van der Waals surface area contributed by atoms with Crippen molar-refractivity contribution in [1.29, 1.82) is 0 Å². The zero-order chi connectivity index (χ0) is 79.9. The molecule has 0 spiro atoms. The van der Waals surface area contributed by atoms with E-state index in [1.165, 1.54) is 81.8 Å². The maximum atomic E-state index is 6.53. The van der Waals surface area contributed by atoms with E-state index < -0.39 is 24.2 Å². The predicted octanol–water partition coefficient (Wildman–Crippen LogP) is 25.3. The smallest absolute Gasteiger partial charge is 0.501 e. The van der Waals surface area contributed by atoms with Gasteiger partial charge in [0.1, 0.15) is 35.7 Å². The van der Waals surface area contributed by atoms with Crippen LogP contribution in [0.4, 0.5) is 0 Å². The Labute approximate surface area is 681 Å². The fraction of sp³-hybridized carbons (Fsp3) is 0.375. The molecule has 112 heavy (non-hydrogen) atoms. The first kappa shape index (κ1) is 82.6. The second-order valence-electron chi connectivity index (χ2n) is 34.7. The third-order valence-corrected chi connectivity index (χ3v) is 46.5. The fourth-order valence-electron chi connectivity index (χ4n) is 21.9. The molecular formula is C96H114IrN9O3Si3. The Morgan fingerprint density at radius 1 is 0.286 bits per heavy atom. The molecule has 9 aromatic carbocycles. The van der Waals surface area contributed by atoms with Crippen LogP contribution in [0.5, 0.6) is 0 Å². The first-order chi connectivity index (χ1) is 52.7. The number of fused-ring (bicyclic) bond motifs is 9. The summed E-state index contributed by atoms with van der Waals surface area (Å²) >= 11 is 0. The minimum Gasteiger partial charge on any atom is -0.501 e. The van der Waals surface area contributed by atoms with Crippen molar-refractivity contribution >= 4 is 106 Å². The first-order valence-electron chi connectivity index (χ1n) is 40.3. The monoisotopic (exact) mass is 1720 g/mol. The van der Waals surface area contributed by atoms with Crippen LogP contribution in [0.25, 0.3) is 117 Å². The van der Waals surface area contributed by atoms with Gasteiger partial charge >= 0.3 is 20.1 Å². The summed E-state index contributed by atoms with van der Waals surface area (Å²) in [5.41, 5.74) is 27.7. The van der Waals surface area contributed by atoms with Crippen LogP contribution in [0.3, 0.4) is 0 Å². The van der Waals surface area contributed by atoms with Crippen LogP contribution in [0.2, 0.25) is 49.9 Å². The second kappa shape index (κ2) is 32.2. The van der Waals surface area contributed by atoms with Crippen LogP contribution in [0, 0.1) is 80.5 Å². The summed E-state index contributed by atoms with van der Waals surface area (Å²) in [6, 6.07) is 56.7. The SMILES string of the molecule is Cc1cc(C)c(-n2cnnc2-c2[c-]ccc3c2oc2ccc([Si](C(C)C)(C(C)C)C(C)C)cc23)c(C)c1.Cc1cc(C)c(-n2cnnc2-c2[c-]ccc3c2oc2ccc([Si](C(C)C)(C(C)C)C(C)C)cc23)c(C)c1.Cc1cc(C)c(-n2cnnc2-c2[c-]ccc3c2oc2ccc([Si](C(C)C)(C(C)C)C(C)C)cc23)c(C)c1.[Ir+3]. The largest absolute Gasteiger partial charge is 3.00 e. The third-order valence-electron chi connectivity index (χ3n) is 25.3. The number of aromatic nitrogens is 9. The molecule has 0 aliphatic carbocycles. The third kappa shape index (κ3) is 13.9. The van der Waals surface area contributed by atoms with Gasteiger partial charge in [0.25, 0.3) is 0 Å². The van der Waals surface area contributed by atoms with E-state index in [0.717, 1.165) is 101 Å². The van der Waals surface area contributed by atoms with Crippen LogP contribution in [-0.4, -0.2) is 68.5 Å². The molecule has 0 radical (unpaired) electrons. The quantitative estimate of drug-likeness (QED) is 0.0608. The molecule has 0 aliphatic heterocycles. The van der Waals surface area contributed by atoms with E-state index in [1.807, 2.05) is 18.2 Å². The van der Waals surface area contributed by atoms with Crippen LogP contribution >= 0.6 is 0 Å². The average molecular weight is 1720 g/mol. The maximum absolute atomic E-state index is 6.53. The second-order valence-corrected chi connectivity index (χ2v) is 52.5. The fourth-order valence-corrected chi connectivity index (χ4v) is 42.2. The van der Waals surface area contributed by atoms with E-state index in [1.54, 1.807) is 19.0 Å². The molecule has 16 heteroatoms. The first-order valence-corrected chi connectivity index (χ1v) is 47.0. The molecule has 6 heterocycles. The summed E-state index contributed by atoms with van der Waals surface area (Å²) in [6.45, 7) is 62.7. The van der Waals surface area contributed by atoms with Gasteiger partial charge in [0, 0.05) is 33.2 Å². The van der Waals surface area contributed by atoms with Gasteiger partial charge in [0.2, 0.25) is 0 Å². The molecule has 0 saturated heterocycles. The van der Waals surface area contributed by atoms with Crippen molar-refractivity contribution < 1.29 is 33.4 Å². The van der Waals surface area contributed by atoms with Gasteiger partial charge in [0.15, 0.2) is 0 Å². The topological polar surface area (TPSA) is 132 Å². The molecule has 15 aromatic rings. The number of hydrogen-bond donors (Lipinski definition) is 0.